The highest BCUT2D eigenvalue weighted by Crippen LogP contribution is 2.17. The highest BCUT2D eigenvalue weighted by Gasteiger charge is 2.20. The third-order valence-electron chi connectivity index (χ3n) is 1.77. The summed E-state index contributed by atoms with van der Waals surface area (Å²) in [5.41, 5.74) is 0. The number of carbonyl (C=O) groups is 1. The van der Waals surface area contributed by atoms with Crippen LogP contribution in [0.5, 0.6) is 0 Å². The van der Waals surface area contributed by atoms with E-state index in [0.29, 0.717) is 5.75 Å². The molecule has 0 aromatic carbocycles. The van der Waals surface area contributed by atoms with Gasteiger partial charge < -0.3 is 0 Å². The Morgan fingerprint density at radius 3 is 2.20 bits per heavy atom. The van der Waals surface area contributed by atoms with Crippen LogP contribution >= 0.6 is 11.8 Å². The van der Waals surface area contributed by atoms with E-state index in [0.717, 1.165) is 11.8 Å². The number of hydrogen-bond donors (Lipinski definition) is 0. The van der Waals surface area contributed by atoms with Gasteiger partial charge in [-0.15, -0.1) is 0 Å². The Balaban J connectivity index is 3.48. The first-order chi connectivity index (χ1) is 6.93. The monoisotopic (exact) mass is 246 g/mol. The van der Waals surface area contributed by atoms with Crippen LogP contribution in [0.15, 0.2) is 0 Å². The Bertz CT molecular complexity index is 189. The lowest BCUT2D eigenvalue weighted by Gasteiger charge is -2.09. The maximum atomic E-state index is 12.9. The zero-order valence-electron chi connectivity index (χ0n) is 8.39. The third kappa shape index (κ3) is 8.72. The van der Waals surface area contributed by atoms with E-state index in [2.05, 4.69) is 0 Å². The number of rotatable bonds is 7. The lowest BCUT2D eigenvalue weighted by atomic mass is 10.1. The second kappa shape index (κ2) is 7.96. The van der Waals surface area contributed by atoms with Crippen molar-refractivity contribution in [1.29, 1.82) is 0 Å². The highest BCUT2D eigenvalue weighted by molar-refractivity contribution is 8.13. The van der Waals surface area contributed by atoms with Crippen LogP contribution in [0.25, 0.3) is 0 Å². The van der Waals surface area contributed by atoms with Crippen LogP contribution in [-0.4, -0.2) is 29.6 Å². The summed E-state index contributed by atoms with van der Waals surface area (Å²) in [4.78, 5) is 10.5. The van der Waals surface area contributed by atoms with Crippen molar-refractivity contribution in [3.8, 4) is 0 Å². The van der Waals surface area contributed by atoms with Gasteiger partial charge in [-0.05, 0) is 19.3 Å². The molecule has 0 radical (unpaired) electrons. The first-order valence-corrected chi connectivity index (χ1v) is 5.61. The van der Waals surface area contributed by atoms with Crippen molar-refractivity contribution in [2.45, 2.75) is 45.0 Å². The molecule has 90 valence electrons. The summed E-state index contributed by atoms with van der Waals surface area (Å²) < 4.78 is 48.7. The number of thioether (sulfide) groups is 1. The van der Waals surface area contributed by atoms with Gasteiger partial charge >= 0.3 is 0 Å². The fourth-order valence-electron chi connectivity index (χ4n) is 0.941. The van der Waals surface area contributed by atoms with Crippen molar-refractivity contribution in [1.82, 2.24) is 0 Å². The smallest absolute Gasteiger partial charge is 0.269 e. The molecule has 0 fully saturated rings. The molecule has 15 heavy (non-hydrogen) atoms. The molecule has 0 heterocycles. The second-order valence-corrected chi connectivity index (χ2v) is 4.43. The SMILES string of the molecule is CC(=O)SCCC(F)CCC(F)C(F)F. The summed E-state index contributed by atoms with van der Waals surface area (Å²) >= 11 is 0.979. The molecule has 0 aliphatic heterocycles. The van der Waals surface area contributed by atoms with Gasteiger partial charge in [-0.3, -0.25) is 4.79 Å². The van der Waals surface area contributed by atoms with Crippen molar-refractivity contribution in [2.75, 3.05) is 5.75 Å². The van der Waals surface area contributed by atoms with Gasteiger partial charge in [0, 0.05) is 12.7 Å². The molecule has 0 spiro atoms. The van der Waals surface area contributed by atoms with E-state index in [1.807, 2.05) is 0 Å². The van der Waals surface area contributed by atoms with Crippen LogP contribution in [0, 0.1) is 0 Å². The maximum absolute atomic E-state index is 12.9. The lowest BCUT2D eigenvalue weighted by Crippen LogP contribution is -2.14. The Morgan fingerprint density at radius 1 is 1.13 bits per heavy atom. The summed E-state index contributed by atoms with van der Waals surface area (Å²) in [6, 6.07) is 0. The number of carbonyl (C=O) groups excluding carboxylic acids is 1. The molecule has 0 saturated heterocycles. The fourth-order valence-corrected chi connectivity index (χ4v) is 1.60. The summed E-state index contributed by atoms with van der Waals surface area (Å²) in [7, 11) is 0. The highest BCUT2D eigenvalue weighted by atomic mass is 32.2. The lowest BCUT2D eigenvalue weighted by molar-refractivity contribution is -0.109. The topological polar surface area (TPSA) is 17.1 Å². The zero-order chi connectivity index (χ0) is 11.8. The minimum absolute atomic E-state index is 0.0974. The van der Waals surface area contributed by atoms with E-state index in [-0.39, 0.29) is 18.0 Å². The predicted octanol–water partition coefficient (Wildman–Crippen LogP) is 3.38. The van der Waals surface area contributed by atoms with E-state index in [9.17, 15) is 22.4 Å². The van der Waals surface area contributed by atoms with E-state index in [1.54, 1.807) is 0 Å². The molecular weight excluding hydrogens is 232 g/mol. The zero-order valence-corrected chi connectivity index (χ0v) is 9.21. The Hall–Kier alpha value is -0.260. The molecule has 6 heteroatoms. The fraction of sp³-hybridized carbons (Fsp3) is 0.889. The third-order valence-corrected chi connectivity index (χ3v) is 2.61. The first kappa shape index (κ1) is 14.7. The van der Waals surface area contributed by atoms with Gasteiger partial charge in [0.05, 0.1) is 0 Å². The van der Waals surface area contributed by atoms with Crippen LogP contribution in [-0.2, 0) is 4.79 Å². The molecular formula is C9H14F4OS. The van der Waals surface area contributed by atoms with Crippen LogP contribution in [0.4, 0.5) is 17.6 Å². The van der Waals surface area contributed by atoms with Crippen molar-refractivity contribution in [2.24, 2.45) is 0 Å². The van der Waals surface area contributed by atoms with Gasteiger partial charge in [0.1, 0.15) is 6.17 Å². The van der Waals surface area contributed by atoms with Gasteiger partial charge in [0.2, 0.25) is 0 Å². The minimum atomic E-state index is -3.04. The molecule has 0 saturated carbocycles. The second-order valence-electron chi connectivity index (χ2n) is 3.15. The van der Waals surface area contributed by atoms with Crippen LogP contribution in [0.1, 0.15) is 26.2 Å². The van der Waals surface area contributed by atoms with E-state index < -0.39 is 25.2 Å². The van der Waals surface area contributed by atoms with Crippen LogP contribution < -0.4 is 0 Å². The van der Waals surface area contributed by atoms with E-state index in [1.165, 1.54) is 6.92 Å². The normalized spacial score (nSPS) is 15.3. The molecule has 0 aromatic heterocycles. The molecule has 1 nitrogen and oxygen atoms in total. The van der Waals surface area contributed by atoms with Crippen molar-refractivity contribution in [3.63, 3.8) is 0 Å². The number of alkyl halides is 4. The van der Waals surface area contributed by atoms with Gasteiger partial charge in [0.25, 0.3) is 6.43 Å². The average molecular weight is 246 g/mol. The number of hydrogen-bond acceptors (Lipinski definition) is 2. The molecule has 2 atom stereocenters. The Kier molecular flexibility index (Phi) is 7.82. The summed E-state index contributed by atoms with van der Waals surface area (Å²) in [5.74, 6) is 0.308. The minimum Gasteiger partial charge on any atom is -0.288 e. The molecule has 0 amide bonds. The molecule has 0 aliphatic rings. The maximum Gasteiger partial charge on any atom is 0.269 e. The molecule has 0 aliphatic carbocycles. The molecule has 0 bridgehead atoms. The van der Waals surface area contributed by atoms with Gasteiger partial charge in [-0.2, -0.15) is 0 Å². The van der Waals surface area contributed by atoms with Gasteiger partial charge in [-0.1, -0.05) is 11.8 Å². The summed E-state index contributed by atoms with van der Waals surface area (Å²) in [6.45, 7) is 1.37. The predicted molar refractivity (Wildman–Crippen MR) is 52.8 cm³/mol. The average Bonchev–Trinajstić information content (AvgIpc) is 2.13. The first-order valence-electron chi connectivity index (χ1n) is 4.63. The van der Waals surface area contributed by atoms with Crippen molar-refractivity contribution >= 4 is 16.9 Å². The number of halogens is 4. The van der Waals surface area contributed by atoms with Gasteiger partial charge in [-0.25, -0.2) is 17.6 Å². The standard InChI is InChI=1S/C9H14F4OS/c1-6(14)15-5-4-7(10)2-3-8(11)9(12)13/h7-9H,2-5H2,1H3. The molecule has 0 rings (SSSR count). The molecule has 0 N–H and O–H groups in total. The van der Waals surface area contributed by atoms with E-state index in [4.69, 9.17) is 0 Å². The van der Waals surface area contributed by atoms with Crippen molar-refractivity contribution in [3.05, 3.63) is 0 Å². The largest absolute Gasteiger partial charge is 0.288 e. The van der Waals surface area contributed by atoms with Gasteiger partial charge in [0.15, 0.2) is 11.3 Å². The Labute approximate surface area is 90.6 Å². The van der Waals surface area contributed by atoms with Crippen LogP contribution in [0.3, 0.4) is 0 Å². The van der Waals surface area contributed by atoms with Crippen molar-refractivity contribution < 1.29 is 22.4 Å². The Morgan fingerprint density at radius 2 is 1.73 bits per heavy atom. The van der Waals surface area contributed by atoms with E-state index >= 15 is 0 Å². The molecule has 0 aromatic rings. The van der Waals surface area contributed by atoms with Crippen LogP contribution in [0.2, 0.25) is 0 Å². The molecule has 2 unspecified atom stereocenters. The summed E-state index contributed by atoms with van der Waals surface area (Å²) in [5, 5.41) is -0.113. The summed E-state index contributed by atoms with van der Waals surface area (Å²) in [6.07, 6.45) is -7.19. The quantitative estimate of drug-likeness (QED) is 0.640.